The van der Waals surface area contributed by atoms with Gasteiger partial charge in [-0.1, -0.05) is 13.8 Å². The highest BCUT2D eigenvalue weighted by molar-refractivity contribution is 7.80. The van der Waals surface area contributed by atoms with Crippen molar-refractivity contribution in [1.29, 1.82) is 0 Å². The van der Waals surface area contributed by atoms with Gasteiger partial charge in [-0.15, -0.1) is 12.6 Å². The first-order valence-electron chi connectivity index (χ1n) is 2.62. The first-order valence-corrected chi connectivity index (χ1v) is 3.07. The second kappa shape index (κ2) is 4.78. The lowest BCUT2D eigenvalue weighted by Gasteiger charge is -1.67. The molecule has 0 amide bonds. The Morgan fingerprint density at radius 3 is 2.25 bits per heavy atom. The molecule has 0 bridgehead atoms. The summed E-state index contributed by atoms with van der Waals surface area (Å²) in [5, 5.41) is 0.662. The Balaban J connectivity index is 0.000000222. The highest BCUT2D eigenvalue weighted by Gasteiger charge is 1.77. The maximum atomic E-state index is 4.70. The van der Waals surface area contributed by atoms with E-state index in [1.807, 2.05) is 13.8 Å². The molecule has 1 heterocycles. The maximum Gasteiger partial charge on any atom is 0.156 e. The quantitative estimate of drug-likeness (QED) is 0.533. The monoisotopic (exact) mass is 130 g/mol. The minimum Gasteiger partial charge on any atom is -0.458 e. The Kier molecular flexibility index (Phi) is 4.56. The molecular formula is C6H10OS. The predicted molar refractivity (Wildman–Crippen MR) is 37.3 cm³/mol. The molecule has 1 aromatic rings. The second-order valence-corrected chi connectivity index (χ2v) is 1.39. The van der Waals surface area contributed by atoms with Gasteiger partial charge in [0.1, 0.15) is 0 Å². The van der Waals surface area contributed by atoms with Crippen LogP contribution in [0.1, 0.15) is 13.8 Å². The summed E-state index contributed by atoms with van der Waals surface area (Å²) in [5.74, 6) is 0. The van der Waals surface area contributed by atoms with E-state index in [0.29, 0.717) is 5.09 Å². The number of furan rings is 1. The van der Waals surface area contributed by atoms with Crippen molar-refractivity contribution in [2.45, 2.75) is 18.9 Å². The summed E-state index contributed by atoms with van der Waals surface area (Å²) in [4.78, 5) is 0. The second-order valence-electron chi connectivity index (χ2n) is 0.951. The van der Waals surface area contributed by atoms with Crippen LogP contribution in [0.5, 0.6) is 0 Å². The molecule has 0 unspecified atom stereocenters. The Labute approximate surface area is 55.1 Å². The predicted octanol–water partition coefficient (Wildman–Crippen LogP) is 2.59. The van der Waals surface area contributed by atoms with E-state index in [1.54, 1.807) is 18.4 Å². The molecule has 46 valence electrons. The molecular weight excluding hydrogens is 120 g/mol. The van der Waals surface area contributed by atoms with Gasteiger partial charge in [-0.3, -0.25) is 0 Å². The van der Waals surface area contributed by atoms with Crippen LogP contribution in [0.4, 0.5) is 0 Å². The van der Waals surface area contributed by atoms with Crippen molar-refractivity contribution in [3.63, 3.8) is 0 Å². The fraction of sp³-hybridized carbons (Fsp3) is 0.333. The molecule has 1 rings (SSSR count). The van der Waals surface area contributed by atoms with Crippen molar-refractivity contribution < 1.29 is 4.42 Å². The summed E-state index contributed by atoms with van der Waals surface area (Å²) in [7, 11) is 0. The molecule has 0 N–H and O–H groups in total. The Morgan fingerprint density at radius 1 is 1.50 bits per heavy atom. The normalized spacial score (nSPS) is 7.38. The fourth-order valence-electron chi connectivity index (χ4n) is 0.270. The van der Waals surface area contributed by atoms with Crippen LogP contribution in [0.2, 0.25) is 0 Å². The van der Waals surface area contributed by atoms with E-state index in [2.05, 4.69) is 12.6 Å². The zero-order valence-corrected chi connectivity index (χ0v) is 5.98. The van der Waals surface area contributed by atoms with Crippen LogP contribution >= 0.6 is 12.6 Å². The third-order valence-corrected chi connectivity index (χ3v) is 0.761. The lowest BCUT2D eigenvalue weighted by atomic mass is 10.7. The van der Waals surface area contributed by atoms with E-state index in [1.165, 1.54) is 0 Å². The summed E-state index contributed by atoms with van der Waals surface area (Å²) >= 11 is 3.87. The molecule has 0 aliphatic rings. The molecule has 0 aromatic carbocycles. The first kappa shape index (κ1) is 7.63. The van der Waals surface area contributed by atoms with Crippen LogP contribution in [0.15, 0.2) is 27.9 Å². The van der Waals surface area contributed by atoms with Crippen molar-refractivity contribution >= 4 is 12.6 Å². The van der Waals surface area contributed by atoms with E-state index in [-0.39, 0.29) is 0 Å². The van der Waals surface area contributed by atoms with Gasteiger partial charge in [0, 0.05) is 0 Å². The van der Waals surface area contributed by atoms with Gasteiger partial charge < -0.3 is 4.42 Å². The molecule has 2 heteroatoms. The zero-order chi connectivity index (χ0) is 6.41. The molecule has 0 fully saturated rings. The van der Waals surface area contributed by atoms with E-state index in [0.717, 1.165) is 0 Å². The van der Waals surface area contributed by atoms with E-state index < -0.39 is 0 Å². The van der Waals surface area contributed by atoms with Gasteiger partial charge in [-0.25, -0.2) is 0 Å². The summed E-state index contributed by atoms with van der Waals surface area (Å²) in [6.07, 6.45) is 1.59. The topological polar surface area (TPSA) is 13.1 Å². The van der Waals surface area contributed by atoms with Crippen molar-refractivity contribution in [3.8, 4) is 0 Å². The summed E-state index contributed by atoms with van der Waals surface area (Å²) in [6.45, 7) is 4.00. The highest BCUT2D eigenvalue weighted by Crippen LogP contribution is 2.02. The van der Waals surface area contributed by atoms with E-state index in [9.17, 15) is 0 Å². The average molecular weight is 130 g/mol. The highest BCUT2D eigenvalue weighted by atomic mass is 32.1. The maximum absolute atomic E-state index is 4.70. The molecule has 8 heavy (non-hydrogen) atoms. The van der Waals surface area contributed by atoms with Crippen molar-refractivity contribution in [2.75, 3.05) is 0 Å². The average Bonchev–Trinajstić information content (AvgIpc) is 2.24. The van der Waals surface area contributed by atoms with Gasteiger partial charge >= 0.3 is 0 Å². The van der Waals surface area contributed by atoms with Gasteiger partial charge in [0.2, 0.25) is 0 Å². The first-order chi connectivity index (χ1) is 3.89. The number of thiol groups is 1. The Bertz CT molecular complexity index is 112. The summed E-state index contributed by atoms with van der Waals surface area (Å²) in [5.41, 5.74) is 0. The van der Waals surface area contributed by atoms with Gasteiger partial charge in [0.15, 0.2) is 5.09 Å². The van der Waals surface area contributed by atoms with Crippen molar-refractivity contribution in [3.05, 3.63) is 18.4 Å². The summed E-state index contributed by atoms with van der Waals surface area (Å²) < 4.78 is 4.70. The molecule has 0 spiro atoms. The van der Waals surface area contributed by atoms with Crippen LogP contribution in [-0.4, -0.2) is 0 Å². The van der Waals surface area contributed by atoms with Crippen molar-refractivity contribution in [1.82, 2.24) is 0 Å². The fourth-order valence-corrected chi connectivity index (χ4v) is 0.417. The molecule has 1 aromatic heterocycles. The van der Waals surface area contributed by atoms with Crippen LogP contribution in [0.3, 0.4) is 0 Å². The van der Waals surface area contributed by atoms with Gasteiger partial charge in [-0.2, -0.15) is 0 Å². The molecule has 0 aliphatic carbocycles. The Morgan fingerprint density at radius 2 is 2.12 bits per heavy atom. The molecule has 0 radical (unpaired) electrons. The molecule has 0 saturated carbocycles. The third-order valence-electron chi connectivity index (χ3n) is 0.506. The van der Waals surface area contributed by atoms with Gasteiger partial charge in [-0.05, 0) is 12.1 Å². The third kappa shape index (κ3) is 2.75. The largest absolute Gasteiger partial charge is 0.458 e. The minimum atomic E-state index is 0.662. The minimum absolute atomic E-state index is 0.662. The standard InChI is InChI=1S/C4H4OS.C2H6/c6-4-2-1-3-5-4;1-2/h1-3,6H;1-2H3. The number of rotatable bonds is 0. The van der Waals surface area contributed by atoms with Gasteiger partial charge in [0.05, 0.1) is 6.26 Å². The van der Waals surface area contributed by atoms with Crippen LogP contribution in [0, 0.1) is 0 Å². The molecule has 0 atom stereocenters. The van der Waals surface area contributed by atoms with Gasteiger partial charge in [0.25, 0.3) is 0 Å². The summed E-state index contributed by atoms with van der Waals surface area (Å²) in [6, 6.07) is 3.57. The number of hydrogen-bond acceptors (Lipinski definition) is 2. The molecule has 0 saturated heterocycles. The van der Waals surface area contributed by atoms with E-state index >= 15 is 0 Å². The van der Waals surface area contributed by atoms with Crippen molar-refractivity contribution in [2.24, 2.45) is 0 Å². The molecule has 0 aliphatic heterocycles. The zero-order valence-electron chi connectivity index (χ0n) is 5.09. The van der Waals surface area contributed by atoms with E-state index in [4.69, 9.17) is 4.42 Å². The Hall–Kier alpha value is -0.370. The van der Waals surface area contributed by atoms with Crippen LogP contribution < -0.4 is 0 Å². The van der Waals surface area contributed by atoms with Crippen LogP contribution in [-0.2, 0) is 0 Å². The smallest absolute Gasteiger partial charge is 0.156 e. The lowest BCUT2D eigenvalue weighted by molar-refractivity contribution is 0.476. The number of hydrogen-bond donors (Lipinski definition) is 1. The molecule has 1 nitrogen and oxygen atoms in total. The SMILES string of the molecule is CC.Sc1ccco1. The lowest BCUT2D eigenvalue weighted by Crippen LogP contribution is -1.37. The van der Waals surface area contributed by atoms with Crippen LogP contribution in [0.25, 0.3) is 0 Å².